The van der Waals surface area contributed by atoms with E-state index in [1.54, 1.807) is 0 Å². The Morgan fingerprint density at radius 1 is 1.27 bits per heavy atom. The van der Waals surface area contributed by atoms with E-state index in [-0.39, 0.29) is 22.0 Å². The molecule has 2 unspecified atom stereocenters. The number of benzene rings is 1. The number of fused-ring (bicyclic) bond motifs is 2. The SMILES string of the molecule is O=[N+]([O-])c1cccc(Cl)c1S(=O)(=O)N1C2CCNCC1CC2. The molecule has 1 aromatic carbocycles. The fourth-order valence-corrected chi connectivity index (χ4v) is 5.90. The van der Waals surface area contributed by atoms with E-state index >= 15 is 0 Å². The van der Waals surface area contributed by atoms with Crippen molar-refractivity contribution in [1.29, 1.82) is 0 Å². The lowest BCUT2D eigenvalue weighted by Crippen LogP contribution is -2.42. The van der Waals surface area contributed by atoms with Gasteiger partial charge in [0.05, 0.1) is 9.95 Å². The van der Waals surface area contributed by atoms with Crippen LogP contribution < -0.4 is 5.32 Å². The molecule has 22 heavy (non-hydrogen) atoms. The molecule has 1 N–H and O–H groups in total. The third-order valence-electron chi connectivity index (χ3n) is 4.27. The van der Waals surface area contributed by atoms with E-state index in [0.29, 0.717) is 13.0 Å². The molecule has 3 rings (SSSR count). The maximum atomic E-state index is 13.1. The minimum atomic E-state index is -4.01. The Morgan fingerprint density at radius 3 is 2.73 bits per heavy atom. The van der Waals surface area contributed by atoms with Crippen molar-refractivity contribution >= 4 is 27.3 Å². The van der Waals surface area contributed by atoms with Crippen molar-refractivity contribution < 1.29 is 13.3 Å². The Kier molecular flexibility index (Phi) is 4.11. The lowest BCUT2D eigenvalue weighted by molar-refractivity contribution is -0.387. The van der Waals surface area contributed by atoms with E-state index in [4.69, 9.17) is 11.6 Å². The molecular weight excluding hydrogens is 330 g/mol. The number of nitro groups is 1. The highest BCUT2D eigenvalue weighted by Gasteiger charge is 2.45. The van der Waals surface area contributed by atoms with Crippen LogP contribution in [0.1, 0.15) is 19.3 Å². The van der Waals surface area contributed by atoms with Gasteiger partial charge in [-0.1, -0.05) is 17.7 Å². The van der Waals surface area contributed by atoms with Gasteiger partial charge in [0.2, 0.25) is 0 Å². The first-order valence-electron chi connectivity index (χ1n) is 7.10. The Morgan fingerprint density at radius 2 is 2.00 bits per heavy atom. The van der Waals surface area contributed by atoms with Crippen molar-refractivity contribution in [3.8, 4) is 0 Å². The topological polar surface area (TPSA) is 92.5 Å². The second-order valence-corrected chi connectivity index (χ2v) is 7.75. The fourth-order valence-electron chi connectivity index (χ4n) is 3.33. The van der Waals surface area contributed by atoms with Gasteiger partial charge in [0.25, 0.3) is 15.7 Å². The highest BCUT2D eigenvalue weighted by atomic mass is 35.5. The third-order valence-corrected chi connectivity index (χ3v) is 6.79. The van der Waals surface area contributed by atoms with Gasteiger partial charge in [-0.3, -0.25) is 10.1 Å². The maximum absolute atomic E-state index is 13.1. The summed E-state index contributed by atoms with van der Waals surface area (Å²) in [4.78, 5) is 10.1. The standard InChI is InChI=1S/C13H16ClN3O4S/c14-11-2-1-3-12(17(18)19)13(11)22(20,21)16-9-4-5-10(16)8-15-7-6-9/h1-3,9-10,15H,4-8H2. The summed E-state index contributed by atoms with van der Waals surface area (Å²) in [5.74, 6) is 0. The van der Waals surface area contributed by atoms with Crippen LogP contribution in [0.3, 0.4) is 0 Å². The number of sulfonamides is 1. The number of hydrogen-bond donors (Lipinski definition) is 1. The number of halogens is 1. The van der Waals surface area contributed by atoms with Crippen molar-refractivity contribution in [3.63, 3.8) is 0 Å². The van der Waals surface area contributed by atoms with E-state index in [9.17, 15) is 18.5 Å². The molecule has 120 valence electrons. The molecule has 0 aliphatic carbocycles. The molecule has 0 spiro atoms. The fraction of sp³-hybridized carbons (Fsp3) is 0.538. The summed E-state index contributed by atoms with van der Waals surface area (Å²) >= 11 is 6.01. The number of nitrogens with zero attached hydrogens (tertiary/aromatic N) is 2. The summed E-state index contributed by atoms with van der Waals surface area (Å²) < 4.78 is 27.5. The van der Waals surface area contributed by atoms with Gasteiger partial charge < -0.3 is 5.32 Å². The highest BCUT2D eigenvalue weighted by molar-refractivity contribution is 7.89. The highest BCUT2D eigenvalue weighted by Crippen LogP contribution is 2.39. The molecule has 0 amide bonds. The summed E-state index contributed by atoms with van der Waals surface area (Å²) in [6.07, 6.45) is 2.24. The van der Waals surface area contributed by atoms with Crippen LogP contribution in [0.2, 0.25) is 5.02 Å². The molecule has 2 aliphatic rings. The van der Waals surface area contributed by atoms with E-state index in [0.717, 1.165) is 19.4 Å². The Labute approximate surface area is 133 Å². The number of nitrogens with one attached hydrogen (secondary N) is 1. The zero-order chi connectivity index (χ0) is 15.9. The van der Waals surface area contributed by atoms with Gasteiger partial charge in [-0.25, -0.2) is 8.42 Å². The van der Waals surface area contributed by atoms with Crippen LogP contribution in [0.4, 0.5) is 5.69 Å². The van der Waals surface area contributed by atoms with Gasteiger partial charge in [0.1, 0.15) is 0 Å². The Hall–Kier alpha value is -1.22. The summed E-state index contributed by atoms with van der Waals surface area (Å²) in [5, 5.41) is 14.3. The summed E-state index contributed by atoms with van der Waals surface area (Å²) in [6, 6.07) is 3.64. The van der Waals surface area contributed by atoms with Crippen LogP contribution >= 0.6 is 11.6 Å². The van der Waals surface area contributed by atoms with Crippen LogP contribution in [0.25, 0.3) is 0 Å². The summed E-state index contributed by atoms with van der Waals surface area (Å²) in [6.45, 7) is 1.31. The van der Waals surface area contributed by atoms with Crippen molar-refractivity contribution in [2.45, 2.75) is 36.2 Å². The Bertz CT molecular complexity index is 695. The molecule has 2 saturated heterocycles. The lowest BCUT2D eigenvalue weighted by Gasteiger charge is -2.27. The monoisotopic (exact) mass is 345 g/mol. The minimum Gasteiger partial charge on any atom is -0.315 e. The van der Waals surface area contributed by atoms with Gasteiger partial charge in [-0.2, -0.15) is 4.31 Å². The first-order valence-corrected chi connectivity index (χ1v) is 8.92. The average Bonchev–Trinajstić information content (AvgIpc) is 2.72. The van der Waals surface area contributed by atoms with Gasteiger partial charge in [0, 0.05) is 24.7 Å². The predicted octanol–water partition coefficient (Wildman–Crippen LogP) is 1.76. The van der Waals surface area contributed by atoms with Gasteiger partial charge in [0.15, 0.2) is 4.90 Å². The molecule has 9 heteroatoms. The maximum Gasteiger partial charge on any atom is 0.290 e. The van der Waals surface area contributed by atoms with Gasteiger partial charge in [-0.15, -0.1) is 0 Å². The lowest BCUT2D eigenvalue weighted by atomic mass is 10.1. The van der Waals surface area contributed by atoms with Crippen molar-refractivity contribution in [2.75, 3.05) is 13.1 Å². The largest absolute Gasteiger partial charge is 0.315 e. The predicted molar refractivity (Wildman–Crippen MR) is 81.4 cm³/mol. The zero-order valence-electron chi connectivity index (χ0n) is 11.7. The molecule has 2 aliphatic heterocycles. The van der Waals surface area contributed by atoms with Crippen LogP contribution in [-0.2, 0) is 10.0 Å². The second-order valence-electron chi connectivity index (χ2n) is 5.56. The van der Waals surface area contributed by atoms with E-state index in [2.05, 4.69) is 5.32 Å². The first-order chi connectivity index (χ1) is 10.4. The number of nitro benzene ring substituents is 1. The molecule has 2 heterocycles. The molecule has 1 aromatic rings. The molecule has 2 atom stereocenters. The summed E-state index contributed by atoms with van der Waals surface area (Å²) in [7, 11) is -4.01. The normalized spacial score (nSPS) is 25.9. The van der Waals surface area contributed by atoms with Crippen LogP contribution in [0.5, 0.6) is 0 Å². The van der Waals surface area contributed by atoms with Crippen LogP contribution in [0, 0.1) is 10.1 Å². The zero-order valence-corrected chi connectivity index (χ0v) is 13.3. The van der Waals surface area contributed by atoms with Gasteiger partial charge >= 0.3 is 0 Å². The molecule has 2 fully saturated rings. The number of rotatable bonds is 3. The average molecular weight is 346 g/mol. The second kappa shape index (κ2) is 5.77. The van der Waals surface area contributed by atoms with E-state index in [1.165, 1.54) is 22.5 Å². The van der Waals surface area contributed by atoms with Crippen molar-refractivity contribution in [3.05, 3.63) is 33.3 Å². The first kappa shape index (κ1) is 15.7. The van der Waals surface area contributed by atoms with Crippen LogP contribution in [-0.4, -0.2) is 42.8 Å². The van der Waals surface area contributed by atoms with E-state index < -0.39 is 20.6 Å². The van der Waals surface area contributed by atoms with Gasteiger partial charge in [-0.05, 0) is 31.9 Å². The minimum absolute atomic E-state index is 0.106. The molecule has 0 radical (unpaired) electrons. The molecule has 0 saturated carbocycles. The Balaban J connectivity index is 2.13. The quantitative estimate of drug-likeness (QED) is 0.665. The summed E-state index contributed by atoms with van der Waals surface area (Å²) in [5.41, 5.74) is -0.468. The van der Waals surface area contributed by atoms with Crippen molar-refractivity contribution in [1.82, 2.24) is 9.62 Å². The molecule has 2 bridgehead atoms. The molecular formula is C13H16ClN3O4S. The molecule has 7 nitrogen and oxygen atoms in total. The van der Waals surface area contributed by atoms with Crippen molar-refractivity contribution in [2.24, 2.45) is 0 Å². The molecule has 0 aromatic heterocycles. The number of hydrogen-bond acceptors (Lipinski definition) is 5. The third kappa shape index (κ3) is 2.50. The smallest absolute Gasteiger partial charge is 0.290 e. The van der Waals surface area contributed by atoms with E-state index in [1.807, 2.05) is 0 Å². The van der Waals surface area contributed by atoms with Crippen LogP contribution in [0.15, 0.2) is 23.1 Å².